The van der Waals surface area contributed by atoms with Gasteiger partial charge in [0.25, 0.3) is 0 Å². The number of rotatable bonds is 4. The van der Waals surface area contributed by atoms with Crippen LogP contribution >= 0.6 is 11.3 Å². The number of aliphatic hydroxyl groups excluding tert-OH is 1. The van der Waals surface area contributed by atoms with Crippen LogP contribution in [0.1, 0.15) is 21.5 Å². The molecule has 2 aromatic heterocycles. The molecule has 0 aliphatic carbocycles. The monoisotopic (exact) mass is 336 g/mol. The van der Waals surface area contributed by atoms with Gasteiger partial charge in [-0.2, -0.15) is 11.3 Å². The van der Waals surface area contributed by atoms with E-state index >= 15 is 0 Å². The molecule has 0 radical (unpaired) electrons. The van der Waals surface area contributed by atoms with Gasteiger partial charge in [0.05, 0.1) is 12.1 Å². The molecule has 3 N–H and O–H groups in total. The third-order valence-electron chi connectivity index (χ3n) is 4.32. The van der Waals surface area contributed by atoms with Crippen LogP contribution in [0.15, 0.2) is 53.2 Å². The molecular formula is C19H16N2O2S. The van der Waals surface area contributed by atoms with Crippen molar-refractivity contribution in [1.82, 2.24) is 4.57 Å². The Bertz CT molecular complexity index is 1050. The Morgan fingerprint density at radius 3 is 2.71 bits per heavy atom. The summed E-state index contributed by atoms with van der Waals surface area (Å²) in [5, 5.41) is 15.5. The zero-order valence-electron chi connectivity index (χ0n) is 12.9. The SMILES string of the molecule is NC(=O)c1cccc2c1c1ccc(CO)cc1n2Cc1ccsc1. The van der Waals surface area contributed by atoms with Crippen molar-refractivity contribution in [2.75, 3.05) is 0 Å². The summed E-state index contributed by atoms with van der Waals surface area (Å²) in [7, 11) is 0. The van der Waals surface area contributed by atoms with E-state index in [9.17, 15) is 9.90 Å². The Labute approximate surface area is 142 Å². The number of nitrogens with two attached hydrogens (primary N) is 1. The van der Waals surface area contributed by atoms with Crippen LogP contribution in [-0.2, 0) is 13.2 Å². The second-order valence-corrected chi connectivity index (χ2v) is 6.57. The van der Waals surface area contributed by atoms with E-state index < -0.39 is 5.91 Å². The van der Waals surface area contributed by atoms with Crippen LogP contribution in [0.2, 0.25) is 0 Å². The summed E-state index contributed by atoms with van der Waals surface area (Å²) in [5.74, 6) is -0.429. The third-order valence-corrected chi connectivity index (χ3v) is 5.06. The number of primary amides is 1. The van der Waals surface area contributed by atoms with E-state index in [1.165, 1.54) is 5.56 Å². The normalized spacial score (nSPS) is 11.4. The molecule has 120 valence electrons. The van der Waals surface area contributed by atoms with Gasteiger partial charge in [-0.25, -0.2) is 0 Å². The summed E-state index contributed by atoms with van der Waals surface area (Å²) < 4.78 is 2.18. The van der Waals surface area contributed by atoms with Crippen LogP contribution in [0, 0.1) is 0 Å². The molecule has 4 nitrogen and oxygen atoms in total. The maximum absolute atomic E-state index is 11.9. The fourth-order valence-corrected chi connectivity index (χ4v) is 3.89. The Morgan fingerprint density at radius 1 is 1.12 bits per heavy atom. The zero-order valence-corrected chi connectivity index (χ0v) is 13.7. The molecule has 0 fully saturated rings. The molecule has 1 amide bonds. The first kappa shape index (κ1) is 14.9. The van der Waals surface area contributed by atoms with Crippen molar-refractivity contribution in [3.05, 3.63) is 69.9 Å². The van der Waals surface area contributed by atoms with Crippen LogP contribution in [0.4, 0.5) is 0 Å². The van der Waals surface area contributed by atoms with Crippen LogP contribution in [0.3, 0.4) is 0 Å². The topological polar surface area (TPSA) is 68.2 Å². The third kappa shape index (κ3) is 2.29. The van der Waals surface area contributed by atoms with E-state index in [0.29, 0.717) is 12.1 Å². The standard InChI is InChI=1S/C19H16N2O2S/c20-19(23)15-2-1-3-16-18(15)14-5-4-12(10-22)8-17(14)21(16)9-13-6-7-24-11-13/h1-8,11,22H,9-10H2,(H2,20,23). The van der Waals surface area contributed by atoms with Gasteiger partial charge >= 0.3 is 0 Å². The van der Waals surface area contributed by atoms with Crippen molar-refractivity contribution < 1.29 is 9.90 Å². The lowest BCUT2D eigenvalue weighted by Crippen LogP contribution is -2.11. The van der Waals surface area contributed by atoms with Crippen LogP contribution in [-0.4, -0.2) is 15.6 Å². The van der Waals surface area contributed by atoms with E-state index in [4.69, 9.17) is 5.73 Å². The second-order valence-electron chi connectivity index (χ2n) is 5.79. The van der Waals surface area contributed by atoms with Gasteiger partial charge in [0.2, 0.25) is 5.91 Å². The predicted octanol–water partition coefficient (Wildman–Crippen LogP) is 3.50. The molecule has 0 aliphatic heterocycles. The Hall–Kier alpha value is -2.63. The van der Waals surface area contributed by atoms with Gasteiger partial charge in [-0.3, -0.25) is 4.79 Å². The van der Waals surface area contributed by atoms with Gasteiger partial charge < -0.3 is 15.4 Å². The smallest absolute Gasteiger partial charge is 0.249 e. The fourth-order valence-electron chi connectivity index (χ4n) is 3.23. The van der Waals surface area contributed by atoms with Gasteiger partial charge in [0.1, 0.15) is 0 Å². The van der Waals surface area contributed by atoms with Gasteiger partial charge in [-0.1, -0.05) is 18.2 Å². The van der Waals surface area contributed by atoms with Crippen molar-refractivity contribution in [3.63, 3.8) is 0 Å². The summed E-state index contributed by atoms with van der Waals surface area (Å²) in [4.78, 5) is 11.9. The van der Waals surface area contributed by atoms with Crippen LogP contribution in [0.5, 0.6) is 0 Å². The summed E-state index contributed by atoms with van der Waals surface area (Å²) in [6.45, 7) is 0.694. The number of carbonyl (C=O) groups excluding carboxylic acids is 1. The van der Waals surface area contributed by atoms with Crippen molar-refractivity contribution >= 4 is 39.0 Å². The van der Waals surface area contributed by atoms with E-state index in [1.54, 1.807) is 17.4 Å². The van der Waals surface area contributed by atoms with Gasteiger partial charge in [-0.05, 0) is 46.2 Å². The van der Waals surface area contributed by atoms with E-state index in [2.05, 4.69) is 21.4 Å². The highest BCUT2D eigenvalue weighted by atomic mass is 32.1. The highest BCUT2D eigenvalue weighted by Crippen LogP contribution is 2.33. The lowest BCUT2D eigenvalue weighted by molar-refractivity contribution is 0.100. The van der Waals surface area contributed by atoms with Gasteiger partial charge in [0, 0.05) is 28.4 Å². The zero-order chi connectivity index (χ0) is 16.7. The molecule has 0 atom stereocenters. The van der Waals surface area contributed by atoms with Crippen molar-refractivity contribution in [3.8, 4) is 0 Å². The first-order valence-electron chi connectivity index (χ1n) is 7.64. The lowest BCUT2D eigenvalue weighted by atomic mass is 10.0. The Balaban J connectivity index is 2.09. The number of fused-ring (bicyclic) bond motifs is 3. The quantitative estimate of drug-likeness (QED) is 0.599. The van der Waals surface area contributed by atoms with Gasteiger partial charge in [-0.15, -0.1) is 0 Å². The number of thiophene rings is 1. The minimum Gasteiger partial charge on any atom is -0.392 e. The summed E-state index contributed by atoms with van der Waals surface area (Å²) in [6, 6.07) is 13.5. The van der Waals surface area contributed by atoms with Gasteiger partial charge in [0.15, 0.2) is 0 Å². The fraction of sp³-hybridized carbons (Fsp3) is 0.105. The average molecular weight is 336 g/mol. The summed E-state index contributed by atoms with van der Waals surface area (Å²) in [5.41, 5.74) is 10.1. The molecule has 0 bridgehead atoms. The molecule has 0 unspecified atom stereocenters. The van der Waals surface area contributed by atoms with E-state index in [-0.39, 0.29) is 6.61 Å². The molecule has 24 heavy (non-hydrogen) atoms. The van der Waals surface area contributed by atoms with E-state index in [1.807, 2.05) is 30.3 Å². The number of amides is 1. The van der Waals surface area contributed by atoms with Crippen molar-refractivity contribution in [2.45, 2.75) is 13.2 Å². The number of nitrogens with zero attached hydrogens (tertiary/aromatic N) is 1. The largest absolute Gasteiger partial charge is 0.392 e. The molecule has 0 aliphatic rings. The highest BCUT2D eigenvalue weighted by molar-refractivity contribution is 7.07. The number of benzene rings is 2. The molecule has 0 spiro atoms. The number of aromatic nitrogens is 1. The van der Waals surface area contributed by atoms with Crippen molar-refractivity contribution in [2.24, 2.45) is 5.73 Å². The second kappa shape index (κ2) is 5.78. The number of hydrogen-bond acceptors (Lipinski definition) is 3. The number of aliphatic hydroxyl groups is 1. The lowest BCUT2D eigenvalue weighted by Gasteiger charge is -2.07. The first-order chi connectivity index (χ1) is 11.7. The first-order valence-corrected chi connectivity index (χ1v) is 8.59. The molecule has 0 saturated carbocycles. The van der Waals surface area contributed by atoms with E-state index in [0.717, 1.165) is 27.4 Å². The molecule has 5 heteroatoms. The molecule has 4 aromatic rings. The summed E-state index contributed by atoms with van der Waals surface area (Å²) >= 11 is 1.66. The number of carbonyl (C=O) groups is 1. The molecule has 4 rings (SSSR count). The maximum Gasteiger partial charge on any atom is 0.249 e. The minimum atomic E-state index is -0.429. The predicted molar refractivity (Wildman–Crippen MR) is 97.3 cm³/mol. The highest BCUT2D eigenvalue weighted by Gasteiger charge is 2.16. The van der Waals surface area contributed by atoms with Crippen LogP contribution in [0.25, 0.3) is 21.8 Å². The molecular weight excluding hydrogens is 320 g/mol. The molecule has 2 heterocycles. The average Bonchev–Trinajstić information content (AvgIpc) is 3.21. The minimum absolute atomic E-state index is 0.0153. The Kier molecular flexibility index (Phi) is 3.59. The molecule has 0 saturated heterocycles. The Morgan fingerprint density at radius 2 is 2.00 bits per heavy atom. The van der Waals surface area contributed by atoms with Crippen LogP contribution < -0.4 is 5.73 Å². The number of hydrogen-bond donors (Lipinski definition) is 2. The van der Waals surface area contributed by atoms with Crippen molar-refractivity contribution in [1.29, 1.82) is 0 Å². The maximum atomic E-state index is 11.9. The molecule has 2 aromatic carbocycles. The summed E-state index contributed by atoms with van der Waals surface area (Å²) in [6.07, 6.45) is 0.